The lowest BCUT2D eigenvalue weighted by Gasteiger charge is -2.40. The molecule has 2 atom stereocenters. The molecule has 0 spiro atoms. The minimum Gasteiger partial charge on any atom is -0.329 e. The van der Waals surface area contributed by atoms with Crippen molar-refractivity contribution in [3.05, 3.63) is 29.6 Å². The molecule has 1 fully saturated rings. The largest absolute Gasteiger partial charge is 0.329 e. The van der Waals surface area contributed by atoms with E-state index in [1.165, 1.54) is 0 Å². The second kappa shape index (κ2) is 7.09. The summed E-state index contributed by atoms with van der Waals surface area (Å²) in [6.45, 7) is 4.86. The normalized spacial score (nSPS) is 22.1. The minimum absolute atomic E-state index is 0.0917. The summed E-state index contributed by atoms with van der Waals surface area (Å²) in [5.74, 6) is 1.72. The Balaban J connectivity index is 2.37. The lowest BCUT2D eigenvalue weighted by molar-refractivity contribution is 0.196. The van der Waals surface area contributed by atoms with Crippen LogP contribution in [-0.4, -0.2) is 54.0 Å². The quantitative estimate of drug-likeness (QED) is 0.875. The first-order valence-electron chi connectivity index (χ1n) is 7.17. The van der Waals surface area contributed by atoms with E-state index in [4.69, 9.17) is 5.73 Å². The number of nitrogens with two attached hydrogens (primary N) is 1. The molecule has 2 rings (SSSR count). The van der Waals surface area contributed by atoms with Gasteiger partial charge >= 0.3 is 0 Å². The molecule has 2 unspecified atom stereocenters. The molecule has 7 heteroatoms. The zero-order valence-corrected chi connectivity index (χ0v) is 14.2. The summed E-state index contributed by atoms with van der Waals surface area (Å²) in [5, 5.41) is -0.450. The molecule has 1 aromatic heterocycles. The summed E-state index contributed by atoms with van der Waals surface area (Å²) in [7, 11) is -3.12. The van der Waals surface area contributed by atoms with Gasteiger partial charge in [0.1, 0.15) is 5.37 Å². The average Bonchev–Trinajstić information content (AvgIpc) is 2.50. The fourth-order valence-corrected chi connectivity index (χ4v) is 5.79. The second-order valence-corrected chi connectivity index (χ2v) is 8.80. The van der Waals surface area contributed by atoms with Gasteiger partial charge in [0.2, 0.25) is 0 Å². The SMILES string of the molecule is CCS(=O)(=O)C1CSCCN1C(CN)c1cnccc1C. The van der Waals surface area contributed by atoms with E-state index in [9.17, 15) is 8.42 Å². The molecule has 0 bridgehead atoms. The van der Waals surface area contributed by atoms with E-state index in [2.05, 4.69) is 9.88 Å². The minimum atomic E-state index is -3.12. The Morgan fingerprint density at radius 2 is 2.33 bits per heavy atom. The first kappa shape index (κ1) is 16.7. The van der Waals surface area contributed by atoms with Crippen LogP contribution in [0.25, 0.3) is 0 Å². The summed E-state index contributed by atoms with van der Waals surface area (Å²) < 4.78 is 24.8. The number of aryl methyl sites for hydroxylation is 1. The Hall–Kier alpha value is -0.630. The van der Waals surface area contributed by atoms with Crippen LogP contribution < -0.4 is 5.73 Å². The van der Waals surface area contributed by atoms with Crippen molar-refractivity contribution in [3.8, 4) is 0 Å². The van der Waals surface area contributed by atoms with Gasteiger partial charge in [0.15, 0.2) is 9.84 Å². The third-order valence-corrected chi connectivity index (χ3v) is 7.31. The Bertz CT molecular complexity index is 577. The fraction of sp³-hybridized carbons (Fsp3) is 0.643. The van der Waals surface area contributed by atoms with E-state index in [0.29, 0.717) is 12.3 Å². The van der Waals surface area contributed by atoms with Gasteiger partial charge in [-0.2, -0.15) is 11.8 Å². The number of rotatable bonds is 5. The molecule has 1 saturated heterocycles. The number of hydrogen-bond acceptors (Lipinski definition) is 6. The molecular formula is C14H23N3O2S2. The molecule has 0 amide bonds. The van der Waals surface area contributed by atoms with Gasteiger partial charge < -0.3 is 5.73 Å². The molecule has 2 N–H and O–H groups in total. The molecule has 0 radical (unpaired) electrons. The van der Waals surface area contributed by atoms with Crippen LogP contribution in [-0.2, 0) is 9.84 Å². The van der Waals surface area contributed by atoms with E-state index >= 15 is 0 Å². The number of nitrogens with zero attached hydrogens (tertiary/aromatic N) is 2. The van der Waals surface area contributed by atoms with Crippen molar-refractivity contribution in [2.75, 3.05) is 30.3 Å². The molecule has 118 valence electrons. The van der Waals surface area contributed by atoms with E-state index in [1.807, 2.05) is 19.2 Å². The van der Waals surface area contributed by atoms with Crippen molar-refractivity contribution in [1.29, 1.82) is 0 Å². The highest BCUT2D eigenvalue weighted by Gasteiger charge is 2.37. The van der Waals surface area contributed by atoms with Gasteiger partial charge in [-0.25, -0.2) is 8.42 Å². The van der Waals surface area contributed by atoms with Gasteiger partial charge in [0.25, 0.3) is 0 Å². The maximum Gasteiger partial charge on any atom is 0.166 e. The van der Waals surface area contributed by atoms with Crippen molar-refractivity contribution >= 4 is 21.6 Å². The lowest BCUT2D eigenvalue weighted by Crippen LogP contribution is -2.51. The highest BCUT2D eigenvalue weighted by atomic mass is 32.2. The topological polar surface area (TPSA) is 76.3 Å². The zero-order valence-electron chi connectivity index (χ0n) is 12.5. The summed E-state index contributed by atoms with van der Waals surface area (Å²) >= 11 is 1.70. The Morgan fingerprint density at radius 3 is 2.95 bits per heavy atom. The predicted octanol–water partition coefficient (Wildman–Crippen LogP) is 1.20. The maximum atomic E-state index is 12.4. The van der Waals surface area contributed by atoms with Gasteiger partial charge in [-0.05, 0) is 24.1 Å². The fourth-order valence-electron chi connectivity index (χ4n) is 2.72. The number of sulfone groups is 1. The third-order valence-electron chi connectivity index (χ3n) is 4.00. The number of aromatic nitrogens is 1. The van der Waals surface area contributed by atoms with Crippen molar-refractivity contribution < 1.29 is 8.42 Å². The number of thioether (sulfide) groups is 1. The Kier molecular flexibility index (Phi) is 5.65. The van der Waals surface area contributed by atoms with E-state index in [-0.39, 0.29) is 11.8 Å². The van der Waals surface area contributed by atoms with Crippen LogP contribution in [0.15, 0.2) is 18.5 Å². The van der Waals surface area contributed by atoms with Crippen LogP contribution >= 0.6 is 11.8 Å². The molecule has 5 nitrogen and oxygen atoms in total. The molecule has 2 heterocycles. The van der Waals surface area contributed by atoms with Crippen LogP contribution in [0.2, 0.25) is 0 Å². The molecule has 0 aliphatic carbocycles. The van der Waals surface area contributed by atoms with Crippen LogP contribution in [0.3, 0.4) is 0 Å². The van der Waals surface area contributed by atoms with Crippen molar-refractivity contribution in [1.82, 2.24) is 9.88 Å². The summed E-state index contributed by atoms with van der Waals surface area (Å²) in [5.41, 5.74) is 8.11. The van der Waals surface area contributed by atoms with Gasteiger partial charge in [-0.15, -0.1) is 0 Å². The Labute approximate surface area is 131 Å². The zero-order chi connectivity index (χ0) is 15.5. The van der Waals surface area contributed by atoms with Crippen LogP contribution in [0.1, 0.15) is 24.1 Å². The summed E-state index contributed by atoms with van der Waals surface area (Å²) in [6.07, 6.45) is 3.56. The lowest BCUT2D eigenvalue weighted by atomic mass is 10.0. The van der Waals surface area contributed by atoms with Crippen molar-refractivity contribution in [3.63, 3.8) is 0 Å². The van der Waals surface area contributed by atoms with E-state index in [0.717, 1.165) is 23.4 Å². The molecule has 1 aliphatic rings. The van der Waals surface area contributed by atoms with Gasteiger partial charge in [-0.1, -0.05) is 6.92 Å². The molecule has 0 saturated carbocycles. The van der Waals surface area contributed by atoms with Crippen LogP contribution in [0, 0.1) is 6.92 Å². The average molecular weight is 329 g/mol. The first-order chi connectivity index (χ1) is 10.0. The standard InChI is InChI=1S/C14H23N3O2S2/c1-3-21(18,19)14-10-20-7-6-17(14)13(8-15)12-9-16-5-4-11(12)2/h4-5,9,13-14H,3,6-8,10,15H2,1-2H3. The monoisotopic (exact) mass is 329 g/mol. The highest BCUT2D eigenvalue weighted by molar-refractivity contribution is 8.01. The van der Waals surface area contributed by atoms with Gasteiger partial charge in [0, 0.05) is 42.7 Å². The van der Waals surface area contributed by atoms with Crippen molar-refractivity contribution in [2.45, 2.75) is 25.3 Å². The molecule has 21 heavy (non-hydrogen) atoms. The highest BCUT2D eigenvalue weighted by Crippen LogP contribution is 2.31. The van der Waals surface area contributed by atoms with Crippen LogP contribution in [0.4, 0.5) is 0 Å². The molecule has 0 aromatic carbocycles. The van der Waals surface area contributed by atoms with Crippen LogP contribution in [0.5, 0.6) is 0 Å². The van der Waals surface area contributed by atoms with Crippen molar-refractivity contribution in [2.24, 2.45) is 5.73 Å². The number of hydrogen-bond donors (Lipinski definition) is 1. The van der Waals surface area contributed by atoms with E-state index in [1.54, 1.807) is 24.9 Å². The summed E-state index contributed by atoms with van der Waals surface area (Å²) in [4.78, 5) is 6.23. The smallest absolute Gasteiger partial charge is 0.166 e. The molecular weight excluding hydrogens is 306 g/mol. The van der Waals surface area contributed by atoms with Gasteiger partial charge in [0.05, 0.1) is 6.04 Å². The maximum absolute atomic E-state index is 12.4. The Morgan fingerprint density at radius 1 is 1.57 bits per heavy atom. The predicted molar refractivity (Wildman–Crippen MR) is 88.0 cm³/mol. The van der Waals surface area contributed by atoms with E-state index < -0.39 is 15.2 Å². The van der Waals surface area contributed by atoms with Gasteiger partial charge in [-0.3, -0.25) is 9.88 Å². The summed E-state index contributed by atoms with van der Waals surface area (Å²) in [6, 6.07) is 1.85. The molecule has 1 aromatic rings. The first-order valence-corrected chi connectivity index (χ1v) is 10.0. The number of pyridine rings is 1. The second-order valence-electron chi connectivity index (χ2n) is 5.20. The molecule has 1 aliphatic heterocycles. The third kappa shape index (κ3) is 3.59.